The van der Waals surface area contributed by atoms with Gasteiger partial charge in [0.15, 0.2) is 5.78 Å². The molecular formula is C19H23NO. The molecule has 0 spiro atoms. The zero-order valence-electron chi connectivity index (χ0n) is 12.7. The average Bonchev–Trinajstić information content (AvgIpc) is 2.55. The maximum atomic E-state index is 12.9. The van der Waals surface area contributed by atoms with Gasteiger partial charge in [-0.1, -0.05) is 38.0 Å². The number of Topliss-reactive ketones (excluding diaryl/α,β-unsaturated/α-hetero) is 1. The number of benzene rings is 1. The molecular weight excluding hydrogens is 258 g/mol. The molecule has 0 radical (unpaired) electrons. The molecule has 21 heavy (non-hydrogen) atoms. The third-order valence-electron chi connectivity index (χ3n) is 4.86. The lowest BCUT2D eigenvalue weighted by Crippen LogP contribution is -2.22. The summed E-state index contributed by atoms with van der Waals surface area (Å²) in [6.45, 7) is 2.25. The molecule has 0 saturated heterocycles. The fraction of sp³-hybridized carbons (Fsp3) is 0.474. The van der Waals surface area contributed by atoms with Crippen molar-refractivity contribution < 1.29 is 4.79 Å². The van der Waals surface area contributed by atoms with Gasteiger partial charge in [0, 0.05) is 29.3 Å². The monoisotopic (exact) mass is 281 g/mol. The minimum atomic E-state index is 0.212. The van der Waals surface area contributed by atoms with E-state index in [0.29, 0.717) is 5.78 Å². The Morgan fingerprint density at radius 2 is 2.00 bits per heavy atom. The summed E-state index contributed by atoms with van der Waals surface area (Å²) in [6, 6.07) is 7.97. The van der Waals surface area contributed by atoms with Gasteiger partial charge in [-0.3, -0.25) is 9.78 Å². The van der Waals surface area contributed by atoms with E-state index in [9.17, 15) is 4.79 Å². The Balaban J connectivity index is 1.79. The van der Waals surface area contributed by atoms with Crippen LogP contribution in [0.1, 0.15) is 55.8 Å². The van der Waals surface area contributed by atoms with E-state index < -0.39 is 0 Å². The van der Waals surface area contributed by atoms with E-state index >= 15 is 0 Å². The smallest absolute Gasteiger partial charge is 0.166 e. The van der Waals surface area contributed by atoms with E-state index in [-0.39, 0.29) is 5.92 Å². The Hall–Kier alpha value is -1.70. The summed E-state index contributed by atoms with van der Waals surface area (Å²) in [7, 11) is 0. The van der Waals surface area contributed by atoms with Crippen molar-refractivity contribution in [2.24, 2.45) is 11.8 Å². The lowest BCUT2D eigenvalue weighted by Gasteiger charge is -2.27. The first-order valence-electron chi connectivity index (χ1n) is 8.16. The van der Waals surface area contributed by atoms with Gasteiger partial charge in [-0.25, -0.2) is 0 Å². The van der Waals surface area contributed by atoms with Gasteiger partial charge in [0.05, 0.1) is 0 Å². The number of pyridine rings is 1. The molecule has 0 bridgehead atoms. The maximum Gasteiger partial charge on any atom is 0.166 e. The quantitative estimate of drug-likeness (QED) is 0.736. The third kappa shape index (κ3) is 2.99. The Labute approximate surface area is 126 Å². The molecule has 1 aromatic heterocycles. The maximum absolute atomic E-state index is 12.9. The number of aromatic nitrogens is 1. The van der Waals surface area contributed by atoms with Gasteiger partial charge in [0.1, 0.15) is 0 Å². The lowest BCUT2D eigenvalue weighted by atomic mass is 9.77. The second-order valence-electron chi connectivity index (χ2n) is 6.27. The topological polar surface area (TPSA) is 30.0 Å². The highest BCUT2D eigenvalue weighted by Crippen LogP contribution is 2.34. The van der Waals surface area contributed by atoms with Crippen LogP contribution in [-0.2, 0) is 0 Å². The third-order valence-corrected chi connectivity index (χ3v) is 4.86. The second kappa shape index (κ2) is 6.38. The zero-order chi connectivity index (χ0) is 14.7. The molecule has 1 aliphatic rings. The summed E-state index contributed by atoms with van der Waals surface area (Å²) < 4.78 is 0. The van der Waals surface area contributed by atoms with E-state index in [1.54, 1.807) is 6.20 Å². The number of fused-ring (bicyclic) bond motifs is 1. The largest absolute Gasteiger partial charge is 0.294 e. The van der Waals surface area contributed by atoms with Crippen molar-refractivity contribution in [3.63, 3.8) is 0 Å². The minimum absolute atomic E-state index is 0.212. The van der Waals surface area contributed by atoms with Crippen molar-refractivity contribution in [2.45, 2.75) is 45.4 Å². The highest BCUT2D eigenvalue weighted by Gasteiger charge is 2.27. The van der Waals surface area contributed by atoms with E-state index in [4.69, 9.17) is 0 Å². The predicted molar refractivity (Wildman–Crippen MR) is 86.4 cm³/mol. The zero-order valence-corrected chi connectivity index (χ0v) is 12.7. The van der Waals surface area contributed by atoms with E-state index in [1.807, 2.05) is 30.5 Å². The molecule has 1 aromatic carbocycles. The van der Waals surface area contributed by atoms with Gasteiger partial charge < -0.3 is 0 Å². The first kappa shape index (κ1) is 14.2. The van der Waals surface area contributed by atoms with Crippen LogP contribution >= 0.6 is 0 Å². The molecule has 0 unspecified atom stereocenters. The molecule has 0 atom stereocenters. The molecule has 110 valence electrons. The van der Waals surface area contributed by atoms with E-state index in [0.717, 1.165) is 35.1 Å². The SMILES string of the molecule is CCCC1CCC(C(=O)c2cccc3ccncc23)CC1. The van der Waals surface area contributed by atoms with Crippen LogP contribution in [0.2, 0.25) is 0 Å². The number of hydrogen-bond donors (Lipinski definition) is 0. The molecule has 1 fully saturated rings. The highest BCUT2D eigenvalue weighted by molar-refractivity contribution is 6.08. The molecule has 0 amide bonds. The van der Waals surface area contributed by atoms with Crippen molar-refractivity contribution in [1.82, 2.24) is 4.98 Å². The van der Waals surface area contributed by atoms with Crippen molar-refractivity contribution in [1.29, 1.82) is 0 Å². The molecule has 2 nitrogen and oxygen atoms in total. The van der Waals surface area contributed by atoms with Crippen LogP contribution in [0.15, 0.2) is 36.7 Å². The van der Waals surface area contributed by atoms with Crippen LogP contribution < -0.4 is 0 Å². The van der Waals surface area contributed by atoms with Crippen LogP contribution in [0.4, 0.5) is 0 Å². The van der Waals surface area contributed by atoms with Crippen molar-refractivity contribution in [2.75, 3.05) is 0 Å². The Kier molecular flexibility index (Phi) is 4.33. The molecule has 1 heterocycles. The lowest BCUT2D eigenvalue weighted by molar-refractivity contribution is 0.0871. The summed E-state index contributed by atoms with van der Waals surface area (Å²) >= 11 is 0. The molecule has 2 aromatic rings. The van der Waals surface area contributed by atoms with Gasteiger partial charge in [-0.05, 0) is 43.1 Å². The fourth-order valence-electron chi connectivity index (χ4n) is 3.67. The van der Waals surface area contributed by atoms with Gasteiger partial charge in [0.2, 0.25) is 0 Å². The van der Waals surface area contributed by atoms with Crippen LogP contribution in [0.3, 0.4) is 0 Å². The minimum Gasteiger partial charge on any atom is -0.294 e. The Bertz CT molecular complexity index is 621. The standard InChI is InChI=1S/C19H23NO/c1-2-4-14-7-9-16(10-8-14)19(21)17-6-3-5-15-11-12-20-13-18(15)17/h3,5-6,11-14,16H,2,4,7-10H2,1H3. The van der Waals surface area contributed by atoms with Crippen LogP contribution in [0, 0.1) is 11.8 Å². The summed E-state index contributed by atoms with van der Waals surface area (Å²) in [5, 5.41) is 2.11. The summed E-state index contributed by atoms with van der Waals surface area (Å²) in [5.74, 6) is 1.38. The summed E-state index contributed by atoms with van der Waals surface area (Å²) in [4.78, 5) is 17.0. The number of nitrogens with zero attached hydrogens (tertiary/aromatic N) is 1. The van der Waals surface area contributed by atoms with Crippen molar-refractivity contribution >= 4 is 16.6 Å². The molecule has 1 aliphatic carbocycles. The van der Waals surface area contributed by atoms with Gasteiger partial charge in [-0.2, -0.15) is 0 Å². The molecule has 0 aliphatic heterocycles. The Morgan fingerprint density at radius 3 is 2.76 bits per heavy atom. The second-order valence-corrected chi connectivity index (χ2v) is 6.27. The fourth-order valence-corrected chi connectivity index (χ4v) is 3.67. The van der Waals surface area contributed by atoms with Gasteiger partial charge in [-0.15, -0.1) is 0 Å². The van der Waals surface area contributed by atoms with E-state index in [1.165, 1.54) is 25.7 Å². The van der Waals surface area contributed by atoms with Crippen molar-refractivity contribution in [3.8, 4) is 0 Å². The average molecular weight is 281 g/mol. The number of carbonyl (C=O) groups is 1. The summed E-state index contributed by atoms with van der Waals surface area (Å²) in [6.07, 6.45) is 10.7. The highest BCUT2D eigenvalue weighted by atomic mass is 16.1. The molecule has 2 heteroatoms. The first-order chi connectivity index (χ1) is 10.3. The van der Waals surface area contributed by atoms with Gasteiger partial charge in [0.25, 0.3) is 0 Å². The van der Waals surface area contributed by atoms with Crippen LogP contribution in [0.25, 0.3) is 10.8 Å². The van der Waals surface area contributed by atoms with Crippen molar-refractivity contribution in [3.05, 3.63) is 42.2 Å². The first-order valence-corrected chi connectivity index (χ1v) is 8.16. The normalized spacial score (nSPS) is 22.3. The molecule has 0 N–H and O–H groups in total. The number of carbonyl (C=O) groups excluding carboxylic acids is 1. The van der Waals surface area contributed by atoms with Gasteiger partial charge >= 0.3 is 0 Å². The molecule has 1 saturated carbocycles. The van der Waals surface area contributed by atoms with Crippen LogP contribution in [-0.4, -0.2) is 10.8 Å². The predicted octanol–water partition coefficient (Wildman–Crippen LogP) is 5.02. The number of rotatable bonds is 4. The number of hydrogen-bond acceptors (Lipinski definition) is 2. The number of ketones is 1. The Morgan fingerprint density at radius 1 is 1.19 bits per heavy atom. The van der Waals surface area contributed by atoms with E-state index in [2.05, 4.69) is 11.9 Å². The molecule has 3 rings (SSSR count). The van der Waals surface area contributed by atoms with Crippen LogP contribution in [0.5, 0.6) is 0 Å². The summed E-state index contributed by atoms with van der Waals surface area (Å²) in [5.41, 5.74) is 0.861.